The summed E-state index contributed by atoms with van der Waals surface area (Å²) in [5.41, 5.74) is 1.86. The lowest BCUT2D eigenvalue weighted by molar-refractivity contribution is 0.101. The number of thioether (sulfide) groups is 1. The number of carbonyl (C=O) groups is 1. The van der Waals surface area contributed by atoms with E-state index in [9.17, 15) is 4.79 Å². The molecule has 0 heterocycles. The van der Waals surface area contributed by atoms with Crippen molar-refractivity contribution in [2.45, 2.75) is 51.2 Å². The van der Waals surface area contributed by atoms with Gasteiger partial charge < -0.3 is 4.74 Å². The van der Waals surface area contributed by atoms with E-state index in [-0.39, 0.29) is 5.78 Å². The minimum atomic E-state index is 0.202. The highest BCUT2D eigenvalue weighted by Gasteiger charge is 2.18. The molecule has 0 atom stereocenters. The first-order chi connectivity index (χ1) is 9.70. The number of ether oxygens (including phenoxy) is 1. The van der Waals surface area contributed by atoms with E-state index in [2.05, 4.69) is 0 Å². The lowest BCUT2D eigenvalue weighted by Gasteiger charge is -2.20. The van der Waals surface area contributed by atoms with Crippen LogP contribution in [0.15, 0.2) is 18.2 Å². The number of aryl methyl sites for hydroxylation is 1. The van der Waals surface area contributed by atoms with Gasteiger partial charge in [0.05, 0.1) is 17.9 Å². The minimum Gasteiger partial charge on any atom is -0.493 e. The molecular weight excluding hydrogens is 268 g/mol. The van der Waals surface area contributed by atoms with Gasteiger partial charge in [0.1, 0.15) is 5.75 Å². The molecular formula is C17H24O2S. The molecule has 20 heavy (non-hydrogen) atoms. The molecule has 0 aromatic heterocycles. The largest absolute Gasteiger partial charge is 0.493 e. The van der Waals surface area contributed by atoms with Gasteiger partial charge in [-0.2, -0.15) is 11.8 Å². The van der Waals surface area contributed by atoms with E-state index in [1.54, 1.807) is 0 Å². The predicted octanol–water partition coefficient (Wildman–Crippen LogP) is 4.64. The molecule has 0 saturated heterocycles. The molecule has 0 bridgehead atoms. The van der Waals surface area contributed by atoms with E-state index in [1.807, 2.05) is 43.8 Å². The molecule has 0 spiro atoms. The van der Waals surface area contributed by atoms with Crippen LogP contribution >= 0.6 is 11.8 Å². The number of rotatable bonds is 6. The second-order valence-electron chi connectivity index (χ2n) is 5.43. The maximum atomic E-state index is 12.4. The monoisotopic (exact) mass is 292 g/mol. The van der Waals surface area contributed by atoms with Crippen LogP contribution in [0.4, 0.5) is 0 Å². The SMILES string of the molecule is CCOc1ccc(C)cc1C(=O)CSC1CCCCC1. The number of Topliss-reactive ketones (excluding diaryl/α,β-unsaturated/α-hetero) is 1. The molecule has 2 nitrogen and oxygen atoms in total. The van der Waals surface area contributed by atoms with Crippen LogP contribution in [0, 0.1) is 6.92 Å². The van der Waals surface area contributed by atoms with Gasteiger partial charge >= 0.3 is 0 Å². The van der Waals surface area contributed by atoms with Crippen LogP contribution in [-0.2, 0) is 0 Å². The number of hydrogen-bond acceptors (Lipinski definition) is 3. The fourth-order valence-corrected chi connectivity index (χ4v) is 3.86. The third-order valence-electron chi connectivity index (χ3n) is 3.74. The molecule has 0 unspecified atom stereocenters. The Morgan fingerprint density at radius 2 is 2.05 bits per heavy atom. The maximum Gasteiger partial charge on any atom is 0.176 e. The van der Waals surface area contributed by atoms with Gasteiger partial charge in [0.2, 0.25) is 0 Å². The summed E-state index contributed by atoms with van der Waals surface area (Å²) < 4.78 is 5.57. The van der Waals surface area contributed by atoms with Crippen molar-refractivity contribution in [3.63, 3.8) is 0 Å². The zero-order valence-electron chi connectivity index (χ0n) is 12.5. The smallest absolute Gasteiger partial charge is 0.176 e. The molecule has 1 aromatic rings. The van der Waals surface area contributed by atoms with Crippen LogP contribution < -0.4 is 4.74 Å². The highest BCUT2D eigenvalue weighted by molar-refractivity contribution is 8.00. The normalized spacial score (nSPS) is 16.1. The maximum absolute atomic E-state index is 12.4. The third-order valence-corrected chi connectivity index (χ3v) is 5.11. The van der Waals surface area contributed by atoms with Crippen LogP contribution in [-0.4, -0.2) is 23.4 Å². The molecule has 2 rings (SSSR count). The second-order valence-corrected chi connectivity index (χ2v) is 6.72. The number of ketones is 1. The van der Waals surface area contributed by atoms with Gasteiger partial charge in [0, 0.05) is 5.25 Å². The van der Waals surface area contributed by atoms with Crippen LogP contribution in [0.3, 0.4) is 0 Å². The molecule has 110 valence electrons. The zero-order chi connectivity index (χ0) is 14.4. The van der Waals surface area contributed by atoms with Crippen molar-refractivity contribution in [1.29, 1.82) is 0 Å². The topological polar surface area (TPSA) is 26.3 Å². The first kappa shape index (κ1) is 15.4. The highest BCUT2D eigenvalue weighted by atomic mass is 32.2. The van der Waals surface area contributed by atoms with E-state index >= 15 is 0 Å². The van der Waals surface area contributed by atoms with Crippen molar-refractivity contribution in [3.05, 3.63) is 29.3 Å². The van der Waals surface area contributed by atoms with Crippen molar-refractivity contribution in [1.82, 2.24) is 0 Å². The van der Waals surface area contributed by atoms with Gasteiger partial charge in [-0.25, -0.2) is 0 Å². The third kappa shape index (κ3) is 4.27. The summed E-state index contributed by atoms with van der Waals surface area (Å²) in [5, 5.41) is 0.674. The fraction of sp³-hybridized carbons (Fsp3) is 0.588. The summed E-state index contributed by atoms with van der Waals surface area (Å²) in [4.78, 5) is 12.4. The molecule has 0 radical (unpaired) electrons. The van der Waals surface area contributed by atoms with Crippen molar-refractivity contribution < 1.29 is 9.53 Å². The molecule has 3 heteroatoms. The van der Waals surface area contributed by atoms with Gasteiger partial charge in [0.25, 0.3) is 0 Å². The molecule has 0 amide bonds. The predicted molar refractivity (Wildman–Crippen MR) is 86.0 cm³/mol. The molecule has 1 saturated carbocycles. The van der Waals surface area contributed by atoms with E-state index in [0.717, 1.165) is 16.9 Å². The van der Waals surface area contributed by atoms with E-state index < -0.39 is 0 Å². The average molecular weight is 292 g/mol. The second kappa shape index (κ2) is 7.72. The van der Waals surface area contributed by atoms with E-state index in [0.29, 0.717) is 17.6 Å². The Morgan fingerprint density at radius 3 is 2.75 bits per heavy atom. The summed E-state index contributed by atoms with van der Waals surface area (Å²) >= 11 is 1.83. The van der Waals surface area contributed by atoms with Crippen LogP contribution in [0.5, 0.6) is 5.75 Å². The number of carbonyl (C=O) groups excluding carboxylic acids is 1. The molecule has 0 N–H and O–H groups in total. The Bertz CT molecular complexity index is 450. The van der Waals surface area contributed by atoms with E-state index in [4.69, 9.17) is 4.74 Å². The Morgan fingerprint density at radius 1 is 1.30 bits per heavy atom. The summed E-state index contributed by atoms with van der Waals surface area (Å²) in [7, 11) is 0. The lowest BCUT2D eigenvalue weighted by atomic mass is 10.0. The summed E-state index contributed by atoms with van der Waals surface area (Å²) in [6, 6.07) is 5.86. The van der Waals surface area contributed by atoms with Crippen LogP contribution in [0.25, 0.3) is 0 Å². The van der Waals surface area contributed by atoms with Gasteiger partial charge in [0.15, 0.2) is 5.78 Å². The van der Waals surface area contributed by atoms with Crippen LogP contribution in [0.2, 0.25) is 0 Å². The minimum absolute atomic E-state index is 0.202. The summed E-state index contributed by atoms with van der Waals surface area (Å²) in [6.07, 6.45) is 6.53. The first-order valence-electron chi connectivity index (χ1n) is 7.59. The lowest BCUT2D eigenvalue weighted by Crippen LogP contribution is -2.13. The molecule has 1 aromatic carbocycles. The van der Waals surface area contributed by atoms with Crippen molar-refractivity contribution in [2.24, 2.45) is 0 Å². The average Bonchev–Trinajstić information content (AvgIpc) is 2.48. The standard InChI is InChI=1S/C17H24O2S/c1-3-19-17-10-9-13(2)11-15(17)16(18)12-20-14-7-5-4-6-8-14/h9-11,14H,3-8,12H2,1-2H3. The number of benzene rings is 1. The Balaban J connectivity index is 1.98. The number of hydrogen-bond donors (Lipinski definition) is 0. The molecule has 1 aliphatic carbocycles. The Labute approximate surface area is 126 Å². The zero-order valence-corrected chi connectivity index (χ0v) is 13.3. The van der Waals surface area contributed by atoms with Crippen LogP contribution in [0.1, 0.15) is 54.9 Å². The quantitative estimate of drug-likeness (QED) is 0.714. The van der Waals surface area contributed by atoms with Gasteiger partial charge in [-0.3, -0.25) is 4.79 Å². The van der Waals surface area contributed by atoms with Gasteiger partial charge in [-0.1, -0.05) is 30.9 Å². The van der Waals surface area contributed by atoms with Gasteiger partial charge in [-0.15, -0.1) is 0 Å². The molecule has 0 aliphatic heterocycles. The Kier molecular flexibility index (Phi) is 5.96. The van der Waals surface area contributed by atoms with Crippen molar-refractivity contribution >= 4 is 17.5 Å². The first-order valence-corrected chi connectivity index (χ1v) is 8.64. The summed E-state index contributed by atoms with van der Waals surface area (Å²) in [5.74, 6) is 1.51. The van der Waals surface area contributed by atoms with Gasteiger partial charge in [-0.05, 0) is 38.8 Å². The van der Waals surface area contributed by atoms with E-state index in [1.165, 1.54) is 32.1 Å². The fourth-order valence-electron chi connectivity index (χ4n) is 2.65. The summed E-state index contributed by atoms with van der Waals surface area (Å²) in [6.45, 7) is 4.56. The van der Waals surface area contributed by atoms with Crippen molar-refractivity contribution in [3.8, 4) is 5.75 Å². The van der Waals surface area contributed by atoms with Crippen molar-refractivity contribution in [2.75, 3.05) is 12.4 Å². The molecule has 1 aliphatic rings. The highest BCUT2D eigenvalue weighted by Crippen LogP contribution is 2.30. The Hall–Kier alpha value is -0.960. The molecule has 1 fully saturated rings.